The number of nitrogens with zero attached hydrogens (tertiary/aromatic N) is 2. The molecule has 0 saturated heterocycles. The fourth-order valence-corrected chi connectivity index (χ4v) is 2.30. The summed E-state index contributed by atoms with van der Waals surface area (Å²) in [5, 5.41) is 0. The lowest BCUT2D eigenvalue weighted by atomic mass is 10.1. The predicted molar refractivity (Wildman–Crippen MR) is 91.5 cm³/mol. The van der Waals surface area contributed by atoms with Gasteiger partial charge in [0.05, 0.1) is 19.8 Å². The molecule has 0 bridgehead atoms. The molecule has 0 radical (unpaired) electrons. The van der Waals surface area contributed by atoms with Gasteiger partial charge in [-0.15, -0.1) is 0 Å². The molecule has 2 amide bonds. The van der Waals surface area contributed by atoms with Crippen molar-refractivity contribution < 1.29 is 19.1 Å². The third-order valence-corrected chi connectivity index (χ3v) is 3.67. The van der Waals surface area contributed by atoms with Crippen LogP contribution in [0.2, 0.25) is 0 Å². The first-order chi connectivity index (χ1) is 11.5. The second kappa shape index (κ2) is 7.50. The minimum Gasteiger partial charge on any atom is -0.496 e. The van der Waals surface area contributed by atoms with Gasteiger partial charge in [0.15, 0.2) is 0 Å². The largest absolute Gasteiger partial charge is 0.496 e. The number of carbonyl (C=O) groups excluding carboxylic acids is 2. The Kier molecular flexibility index (Phi) is 5.42. The molecule has 126 valence electrons. The average molecular weight is 328 g/mol. The zero-order valence-corrected chi connectivity index (χ0v) is 14.1. The Labute approximate surface area is 141 Å². The smallest absolute Gasteiger partial charge is 0.338 e. The zero-order valence-electron chi connectivity index (χ0n) is 14.1. The molecule has 1 aliphatic heterocycles. The van der Waals surface area contributed by atoms with E-state index in [0.29, 0.717) is 16.9 Å². The predicted octanol–water partition coefficient (Wildman–Crippen LogP) is 2.89. The molecule has 0 aliphatic carbocycles. The van der Waals surface area contributed by atoms with Gasteiger partial charge in [-0.25, -0.2) is 9.59 Å². The highest BCUT2D eigenvalue weighted by atomic mass is 16.5. The van der Waals surface area contributed by atoms with Crippen LogP contribution in [0.3, 0.4) is 0 Å². The van der Waals surface area contributed by atoms with Crippen LogP contribution in [0.25, 0.3) is 6.08 Å². The number of rotatable bonds is 4. The number of methoxy groups -OCH3 is 2. The van der Waals surface area contributed by atoms with Crippen molar-refractivity contribution in [3.05, 3.63) is 59.5 Å². The molecule has 1 aromatic carbocycles. The summed E-state index contributed by atoms with van der Waals surface area (Å²) >= 11 is 0. The highest BCUT2D eigenvalue weighted by Gasteiger charge is 2.18. The SMILES string of the molecule is COC(=O)c1cccc(OC)c1/C=C/C=C1\C=CN(C)C(=O)N1C. The Hall–Kier alpha value is -3.02. The van der Waals surface area contributed by atoms with Crippen molar-refractivity contribution in [3.63, 3.8) is 0 Å². The van der Waals surface area contributed by atoms with E-state index in [4.69, 9.17) is 9.47 Å². The van der Waals surface area contributed by atoms with Gasteiger partial charge in [-0.05, 0) is 24.3 Å². The van der Waals surface area contributed by atoms with E-state index in [1.165, 1.54) is 16.9 Å². The number of amides is 2. The van der Waals surface area contributed by atoms with Gasteiger partial charge < -0.3 is 14.4 Å². The van der Waals surface area contributed by atoms with Gasteiger partial charge >= 0.3 is 12.0 Å². The first kappa shape index (κ1) is 17.3. The molecular formula is C18H20N2O4. The van der Waals surface area contributed by atoms with Crippen LogP contribution in [0.1, 0.15) is 15.9 Å². The zero-order chi connectivity index (χ0) is 17.7. The molecule has 0 aromatic heterocycles. The number of likely N-dealkylation sites (N-methyl/N-ethyl adjacent to an activating group) is 1. The van der Waals surface area contributed by atoms with Gasteiger partial charge in [0, 0.05) is 31.6 Å². The van der Waals surface area contributed by atoms with E-state index in [9.17, 15) is 9.59 Å². The van der Waals surface area contributed by atoms with Crippen molar-refractivity contribution in [3.8, 4) is 5.75 Å². The summed E-state index contributed by atoms with van der Waals surface area (Å²) < 4.78 is 10.1. The molecule has 0 N–H and O–H groups in total. The fraction of sp³-hybridized carbons (Fsp3) is 0.222. The number of carbonyl (C=O) groups is 2. The first-order valence-corrected chi connectivity index (χ1v) is 7.32. The molecule has 0 atom stereocenters. The van der Waals surface area contributed by atoms with Gasteiger partial charge in [0.25, 0.3) is 0 Å². The monoisotopic (exact) mass is 328 g/mol. The molecule has 1 aromatic rings. The number of allylic oxidation sites excluding steroid dienone is 3. The second-order valence-electron chi connectivity index (χ2n) is 5.13. The Bertz CT molecular complexity index is 735. The van der Waals surface area contributed by atoms with Crippen LogP contribution in [0, 0.1) is 0 Å². The summed E-state index contributed by atoms with van der Waals surface area (Å²) in [6.45, 7) is 0. The molecule has 2 rings (SSSR count). The third kappa shape index (κ3) is 3.48. The average Bonchev–Trinajstić information content (AvgIpc) is 2.60. The van der Waals surface area contributed by atoms with Crippen LogP contribution in [-0.4, -0.2) is 50.1 Å². The quantitative estimate of drug-likeness (QED) is 0.798. The van der Waals surface area contributed by atoms with Gasteiger partial charge in [-0.2, -0.15) is 0 Å². The maximum absolute atomic E-state index is 11.9. The maximum atomic E-state index is 11.9. The van der Waals surface area contributed by atoms with Crippen molar-refractivity contribution in [1.82, 2.24) is 9.80 Å². The molecule has 1 heterocycles. The highest BCUT2D eigenvalue weighted by molar-refractivity contribution is 5.94. The highest BCUT2D eigenvalue weighted by Crippen LogP contribution is 2.25. The van der Waals surface area contributed by atoms with Crippen LogP contribution in [0.5, 0.6) is 5.75 Å². The summed E-state index contributed by atoms with van der Waals surface area (Å²) in [5.74, 6) is 0.128. The van der Waals surface area contributed by atoms with Crippen LogP contribution in [-0.2, 0) is 4.74 Å². The molecule has 0 saturated carbocycles. The van der Waals surface area contributed by atoms with E-state index >= 15 is 0 Å². The normalized spacial score (nSPS) is 16.2. The topological polar surface area (TPSA) is 59.1 Å². The van der Waals surface area contributed by atoms with Crippen LogP contribution in [0.15, 0.2) is 48.3 Å². The summed E-state index contributed by atoms with van der Waals surface area (Å²) in [6, 6.07) is 5.05. The molecule has 0 unspecified atom stereocenters. The maximum Gasteiger partial charge on any atom is 0.338 e. The fourth-order valence-electron chi connectivity index (χ4n) is 2.30. The Morgan fingerprint density at radius 3 is 2.62 bits per heavy atom. The molecular weight excluding hydrogens is 308 g/mol. The van der Waals surface area contributed by atoms with Gasteiger partial charge in [0.1, 0.15) is 5.75 Å². The Morgan fingerprint density at radius 1 is 1.21 bits per heavy atom. The summed E-state index contributed by atoms with van der Waals surface area (Å²) in [7, 11) is 6.27. The van der Waals surface area contributed by atoms with Crippen LogP contribution < -0.4 is 4.74 Å². The van der Waals surface area contributed by atoms with Crippen molar-refractivity contribution >= 4 is 18.1 Å². The summed E-state index contributed by atoms with van der Waals surface area (Å²) in [6.07, 6.45) is 8.83. The molecule has 6 heteroatoms. The van der Waals surface area contributed by atoms with E-state index in [2.05, 4.69) is 0 Å². The molecule has 0 spiro atoms. The van der Waals surface area contributed by atoms with E-state index in [-0.39, 0.29) is 6.03 Å². The Balaban J connectivity index is 2.35. The lowest BCUT2D eigenvalue weighted by molar-refractivity contribution is 0.0600. The second-order valence-corrected chi connectivity index (χ2v) is 5.13. The van der Waals surface area contributed by atoms with Crippen molar-refractivity contribution in [2.24, 2.45) is 0 Å². The number of hydrogen-bond donors (Lipinski definition) is 0. The number of ether oxygens (including phenoxy) is 2. The third-order valence-electron chi connectivity index (χ3n) is 3.67. The first-order valence-electron chi connectivity index (χ1n) is 7.32. The standard InChI is InChI=1S/C18H20N2O4/c1-19-12-11-13(20(2)18(19)22)7-5-8-14-15(17(21)24-4)9-6-10-16(14)23-3/h5-12H,1-4H3/b8-5+,13-7+. The van der Waals surface area contributed by atoms with E-state index in [1.807, 2.05) is 6.08 Å². The van der Waals surface area contributed by atoms with E-state index in [1.54, 1.807) is 63.8 Å². The van der Waals surface area contributed by atoms with Gasteiger partial charge in [-0.1, -0.05) is 18.2 Å². The molecule has 24 heavy (non-hydrogen) atoms. The van der Waals surface area contributed by atoms with Gasteiger partial charge in [0.2, 0.25) is 0 Å². The molecule has 6 nitrogen and oxygen atoms in total. The summed E-state index contributed by atoms with van der Waals surface area (Å²) in [4.78, 5) is 26.8. The van der Waals surface area contributed by atoms with Crippen molar-refractivity contribution in [1.29, 1.82) is 0 Å². The van der Waals surface area contributed by atoms with E-state index < -0.39 is 5.97 Å². The molecule has 1 aliphatic rings. The lowest BCUT2D eigenvalue weighted by Gasteiger charge is -2.27. The Morgan fingerprint density at radius 2 is 1.96 bits per heavy atom. The molecule has 0 fully saturated rings. The van der Waals surface area contributed by atoms with Crippen LogP contribution in [0.4, 0.5) is 4.79 Å². The minimum atomic E-state index is -0.437. The van der Waals surface area contributed by atoms with E-state index in [0.717, 1.165) is 5.70 Å². The van der Waals surface area contributed by atoms with Crippen molar-refractivity contribution in [2.45, 2.75) is 0 Å². The number of hydrogen-bond acceptors (Lipinski definition) is 4. The van der Waals surface area contributed by atoms with Crippen LogP contribution >= 0.6 is 0 Å². The minimum absolute atomic E-state index is 0.121. The number of benzene rings is 1. The number of esters is 1. The lowest BCUT2D eigenvalue weighted by Crippen LogP contribution is -2.37. The summed E-state index contributed by atoms with van der Waals surface area (Å²) in [5.41, 5.74) is 1.77. The number of urea groups is 1. The van der Waals surface area contributed by atoms with Crippen molar-refractivity contribution in [2.75, 3.05) is 28.3 Å². The van der Waals surface area contributed by atoms with Gasteiger partial charge in [-0.3, -0.25) is 4.90 Å².